The molecule has 4 nitrogen and oxygen atoms in total. The Bertz CT molecular complexity index is 502. The summed E-state index contributed by atoms with van der Waals surface area (Å²) in [5, 5.41) is 12.5. The number of fused-ring (bicyclic) bond motifs is 1. The molecule has 3 heterocycles. The van der Waals surface area contributed by atoms with E-state index in [-0.39, 0.29) is 0 Å². The third-order valence-electron chi connectivity index (χ3n) is 3.10. The fraction of sp³-hybridized carbons (Fsp3) is 0.455. The summed E-state index contributed by atoms with van der Waals surface area (Å²) >= 11 is 6.00. The Hall–Kier alpha value is -1.13. The highest BCUT2D eigenvalue weighted by Gasteiger charge is 2.20. The zero-order valence-corrected chi connectivity index (χ0v) is 9.61. The Morgan fingerprint density at radius 2 is 2.06 bits per heavy atom. The molecule has 0 amide bonds. The number of halogens is 1. The molecule has 84 valence electrons. The summed E-state index contributed by atoms with van der Waals surface area (Å²) in [6.07, 6.45) is 4.13. The zero-order valence-electron chi connectivity index (χ0n) is 8.86. The molecular weight excluding hydrogens is 224 g/mol. The molecule has 0 atom stereocenters. The van der Waals surface area contributed by atoms with Gasteiger partial charge in [0.1, 0.15) is 5.82 Å². The SMILES string of the molecule is Clc1ccc2nnc(C3CCNCC3)n2c1. The van der Waals surface area contributed by atoms with Crippen molar-refractivity contribution in [1.29, 1.82) is 0 Å². The molecule has 1 N–H and O–H groups in total. The largest absolute Gasteiger partial charge is 0.317 e. The van der Waals surface area contributed by atoms with Gasteiger partial charge < -0.3 is 5.32 Å². The van der Waals surface area contributed by atoms with Crippen molar-refractivity contribution in [3.8, 4) is 0 Å². The van der Waals surface area contributed by atoms with E-state index in [4.69, 9.17) is 11.6 Å². The van der Waals surface area contributed by atoms with Crippen LogP contribution in [-0.2, 0) is 0 Å². The van der Waals surface area contributed by atoms with Crippen LogP contribution in [0.5, 0.6) is 0 Å². The molecule has 1 aliphatic rings. The molecule has 5 heteroatoms. The molecule has 1 fully saturated rings. The van der Waals surface area contributed by atoms with Gasteiger partial charge in [0.2, 0.25) is 0 Å². The number of nitrogens with zero attached hydrogens (tertiary/aromatic N) is 3. The van der Waals surface area contributed by atoms with Crippen molar-refractivity contribution in [3.05, 3.63) is 29.2 Å². The van der Waals surface area contributed by atoms with E-state index in [0.29, 0.717) is 5.92 Å². The topological polar surface area (TPSA) is 42.2 Å². The smallest absolute Gasteiger partial charge is 0.160 e. The van der Waals surface area contributed by atoms with Gasteiger partial charge in [-0.3, -0.25) is 4.40 Å². The minimum atomic E-state index is 0.495. The minimum Gasteiger partial charge on any atom is -0.317 e. The molecule has 1 saturated heterocycles. The van der Waals surface area contributed by atoms with Gasteiger partial charge in [0.15, 0.2) is 5.65 Å². The first-order valence-corrected chi connectivity index (χ1v) is 5.93. The lowest BCUT2D eigenvalue weighted by molar-refractivity contribution is 0.442. The minimum absolute atomic E-state index is 0.495. The van der Waals surface area contributed by atoms with Crippen molar-refractivity contribution < 1.29 is 0 Å². The third-order valence-corrected chi connectivity index (χ3v) is 3.32. The van der Waals surface area contributed by atoms with Gasteiger partial charge in [-0.15, -0.1) is 10.2 Å². The fourth-order valence-corrected chi connectivity index (χ4v) is 2.40. The summed E-state index contributed by atoms with van der Waals surface area (Å²) in [5.74, 6) is 1.54. The molecular formula is C11H13ClN4. The second kappa shape index (κ2) is 4.03. The molecule has 0 unspecified atom stereocenters. The fourth-order valence-electron chi connectivity index (χ4n) is 2.24. The lowest BCUT2D eigenvalue weighted by atomic mass is 9.97. The van der Waals surface area contributed by atoms with E-state index >= 15 is 0 Å². The molecule has 0 saturated carbocycles. The second-order valence-corrected chi connectivity index (χ2v) is 4.59. The summed E-state index contributed by atoms with van der Waals surface area (Å²) < 4.78 is 2.01. The number of hydrogen-bond donors (Lipinski definition) is 1. The zero-order chi connectivity index (χ0) is 11.0. The Balaban J connectivity index is 2.05. The normalized spacial score (nSPS) is 18.1. The predicted molar refractivity (Wildman–Crippen MR) is 62.8 cm³/mol. The summed E-state index contributed by atoms with van der Waals surface area (Å²) in [7, 11) is 0. The summed E-state index contributed by atoms with van der Waals surface area (Å²) in [4.78, 5) is 0. The molecule has 2 aromatic rings. The molecule has 2 aromatic heterocycles. The Morgan fingerprint density at radius 1 is 1.25 bits per heavy atom. The van der Waals surface area contributed by atoms with Gasteiger partial charge in [-0.05, 0) is 38.1 Å². The highest BCUT2D eigenvalue weighted by atomic mass is 35.5. The van der Waals surface area contributed by atoms with Gasteiger partial charge in [-0.2, -0.15) is 0 Å². The van der Waals surface area contributed by atoms with Crippen LogP contribution in [0.1, 0.15) is 24.6 Å². The second-order valence-electron chi connectivity index (χ2n) is 4.16. The first kappa shape index (κ1) is 10.1. The number of aromatic nitrogens is 3. The Kier molecular flexibility index (Phi) is 2.53. The highest BCUT2D eigenvalue weighted by Crippen LogP contribution is 2.24. The van der Waals surface area contributed by atoms with E-state index in [2.05, 4.69) is 15.5 Å². The average Bonchev–Trinajstić information content (AvgIpc) is 2.73. The predicted octanol–water partition coefficient (Wildman–Crippen LogP) is 1.85. The van der Waals surface area contributed by atoms with Gasteiger partial charge in [0, 0.05) is 12.1 Å². The van der Waals surface area contributed by atoms with Crippen molar-refractivity contribution in [2.45, 2.75) is 18.8 Å². The average molecular weight is 237 g/mol. The summed E-state index contributed by atoms with van der Waals surface area (Å²) in [6.45, 7) is 2.11. The van der Waals surface area contributed by atoms with Gasteiger partial charge in [0.05, 0.1) is 5.02 Å². The lowest BCUT2D eigenvalue weighted by Gasteiger charge is -2.20. The van der Waals surface area contributed by atoms with Crippen molar-refractivity contribution in [3.63, 3.8) is 0 Å². The van der Waals surface area contributed by atoms with Crippen LogP contribution in [0.15, 0.2) is 18.3 Å². The third kappa shape index (κ3) is 1.68. The summed E-state index contributed by atoms with van der Waals surface area (Å²) in [5.41, 5.74) is 0.873. The molecule has 3 rings (SSSR count). The number of nitrogens with one attached hydrogen (secondary N) is 1. The van der Waals surface area contributed by atoms with Crippen LogP contribution in [0.3, 0.4) is 0 Å². The molecule has 0 aliphatic carbocycles. The highest BCUT2D eigenvalue weighted by molar-refractivity contribution is 6.30. The van der Waals surface area contributed by atoms with Gasteiger partial charge >= 0.3 is 0 Å². The summed E-state index contributed by atoms with van der Waals surface area (Å²) in [6, 6.07) is 3.75. The molecule has 0 aromatic carbocycles. The molecule has 1 aliphatic heterocycles. The number of pyridine rings is 1. The first-order chi connectivity index (χ1) is 7.84. The number of hydrogen-bond acceptors (Lipinski definition) is 3. The van der Waals surface area contributed by atoms with Crippen molar-refractivity contribution >= 4 is 17.2 Å². The van der Waals surface area contributed by atoms with Gasteiger partial charge in [-0.25, -0.2) is 0 Å². The first-order valence-electron chi connectivity index (χ1n) is 5.55. The van der Waals surface area contributed by atoms with Crippen LogP contribution in [0.25, 0.3) is 5.65 Å². The van der Waals surface area contributed by atoms with E-state index < -0.39 is 0 Å². The van der Waals surface area contributed by atoms with Crippen LogP contribution in [0, 0.1) is 0 Å². The molecule has 16 heavy (non-hydrogen) atoms. The lowest BCUT2D eigenvalue weighted by Crippen LogP contribution is -2.27. The van der Waals surface area contributed by atoms with E-state index in [1.807, 2.05) is 22.7 Å². The number of rotatable bonds is 1. The molecule has 0 bridgehead atoms. The van der Waals surface area contributed by atoms with E-state index in [9.17, 15) is 0 Å². The maximum absolute atomic E-state index is 6.00. The quantitative estimate of drug-likeness (QED) is 0.822. The maximum atomic E-state index is 6.00. The Labute approximate surface area is 98.6 Å². The van der Waals surface area contributed by atoms with E-state index in [1.54, 1.807) is 0 Å². The van der Waals surface area contributed by atoms with Crippen LogP contribution in [0.4, 0.5) is 0 Å². The van der Waals surface area contributed by atoms with Crippen molar-refractivity contribution in [2.75, 3.05) is 13.1 Å². The van der Waals surface area contributed by atoms with E-state index in [0.717, 1.165) is 42.4 Å². The number of piperidine rings is 1. The van der Waals surface area contributed by atoms with Gasteiger partial charge in [0.25, 0.3) is 0 Å². The van der Waals surface area contributed by atoms with Gasteiger partial charge in [-0.1, -0.05) is 11.6 Å². The Morgan fingerprint density at radius 3 is 2.88 bits per heavy atom. The molecule has 0 spiro atoms. The van der Waals surface area contributed by atoms with Crippen molar-refractivity contribution in [2.24, 2.45) is 0 Å². The standard InChI is InChI=1S/C11H13ClN4/c12-9-1-2-10-14-15-11(16(10)7-9)8-3-5-13-6-4-8/h1-2,7-8,13H,3-6H2. The van der Waals surface area contributed by atoms with Crippen LogP contribution >= 0.6 is 11.6 Å². The van der Waals surface area contributed by atoms with Crippen LogP contribution in [-0.4, -0.2) is 27.7 Å². The van der Waals surface area contributed by atoms with Crippen LogP contribution < -0.4 is 5.32 Å². The monoisotopic (exact) mass is 236 g/mol. The van der Waals surface area contributed by atoms with Crippen LogP contribution in [0.2, 0.25) is 5.02 Å². The molecule has 0 radical (unpaired) electrons. The van der Waals surface area contributed by atoms with E-state index in [1.165, 1.54) is 0 Å². The maximum Gasteiger partial charge on any atom is 0.160 e. The van der Waals surface area contributed by atoms with Crippen molar-refractivity contribution in [1.82, 2.24) is 19.9 Å².